The second kappa shape index (κ2) is 13.1. The predicted molar refractivity (Wildman–Crippen MR) is 154 cm³/mol. The molecule has 1 aromatic heterocycles. The summed E-state index contributed by atoms with van der Waals surface area (Å²) in [6.45, 7) is 9.42. The number of aromatic nitrogens is 1. The summed E-state index contributed by atoms with van der Waals surface area (Å²) in [6, 6.07) is 25.4. The average molecular weight is 522 g/mol. The zero-order valence-electron chi connectivity index (χ0n) is 21.0. The molecule has 0 spiro atoms. The summed E-state index contributed by atoms with van der Waals surface area (Å²) in [4.78, 5) is 6.82. The van der Waals surface area contributed by atoms with Crippen LogP contribution in [0.25, 0.3) is 10.9 Å². The van der Waals surface area contributed by atoms with Crippen molar-refractivity contribution in [2.45, 2.75) is 26.3 Å². The van der Waals surface area contributed by atoms with Gasteiger partial charge in [-0.05, 0) is 66.4 Å². The minimum Gasteiger partial charge on any atom is -0.385 e. The van der Waals surface area contributed by atoms with Crippen LogP contribution >= 0.6 is 23.2 Å². The Morgan fingerprint density at radius 2 is 1.50 bits per heavy atom. The maximum atomic E-state index is 6.06. The van der Waals surface area contributed by atoms with Crippen LogP contribution in [0.5, 0.6) is 0 Å². The molecule has 0 aliphatic carbocycles. The highest BCUT2D eigenvalue weighted by Gasteiger charge is 2.23. The maximum Gasteiger partial charge on any atom is 0.0737 e. The van der Waals surface area contributed by atoms with Crippen molar-refractivity contribution in [2.24, 2.45) is 0 Å². The van der Waals surface area contributed by atoms with Crippen molar-refractivity contribution < 1.29 is 0 Å². The maximum absolute atomic E-state index is 6.06. The highest BCUT2D eigenvalue weighted by Crippen LogP contribution is 2.30. The SMILES string of the molecule is CCNc1ccnc2cc(Cl)ccc12.CCc1ccc(C(c2ccc(Cl)cc2)N2CCNCC2)cc1. The first-order valence-corrected chi connectivity index (χ1v) is 13.4. The van der Waals surface area contributed by atoms with Gasteiger partial charge in [0, 0.05) is 60.0 Å². The van der Waals surface area contributed by atoms with Gasteiger partial charge in [0.2, 0.25) is 0 Å². The van der Waals surface area contributed by atoms with Crippen molar-refractivity contribution >= 4 is 39.8 Å². The van der Waals surface area contributed by atoms with Gasteiger partial charge in [-0.15, -0.1) is 0 Å². The monoisotopic (exact) mass is 520 g/mol. The second-order valence-electron chi connectivity index (χ2n) is 8.89. The van der Waals surface area contributed by atoms with E-state index < -0.39 is 0 Å². The van der Waals surface area contributed by atoms with E-state index in [0.717, 1.165) is 65.8 Å². The van der Waals surface area contributed by atoms with Crippen LogP contribution in [0.1, 0.15) is 36.6 Å². The topological polar surface area (TPSA) is 40.2 Å². The molecule has 5 rings (SSSR count). The Morgan fingerprint density at radius 3 is 2.14 bits per heavy atom. The van der Waals surface area contributed by atoms with Crippen LogP contribution in [0.2, 0.25) is 10.0 Å². The fraction of sp³-hybridized carbons (Fsp3) is 0.300. The molecule has 0 saturated carbocycles. The lowest BCUT2D eigenvalue weighted by Gasteiger charge is -2.35. The van der Waals surface area contributed by atoms with Crippen LogP contribution in [-0.4, -0.2) is 42.6 Å². The lowest BCUT2D eigenvalue weighted by atomic mass is 9.95. The highest BCUT2D eigenvalue weighted by atomic mass is 35.5. The van der Waals surface area contributed by atoms with Crippen LogP contribution in [0, 0.1) is 0 Å². The number of fused-ring (bicyclic) bond motifs is 1. The minimum atomic E-state index is 0.310. The van der Waals surface area contributed by atoms with Gasteiger partial charge in [0.25, 0.3) is 0 Å². The molecule has 1 unspecified atom stereocenters. The van der Waals surface area contributed by atoms with Crippen LogP contribution in [0.15, 0.2) is 79.0 Å². The largest absolute Gasteiger partial charge is 0.385 e. The molecule has 0 bridgehead atoms. The zero-order chi connectivity index (χ0) is 25.3. The Kier molecular flexibility index (Phi) is 9.60. The zero-order valence-corrected chi connectivity index (χ0v) is 22.5. The molecule has 36 heavy (non-hydrogen) atoms. The first-order valence-electron chi connectivity index (χ1n) is 12.7. The van der Waals surface area contributed by atoms with E-state index in [2.05, 4.69) is 70.8 Å². The number of aryl methyl sites for hydroxylation is 1. The van der Waals surface area contributed by atoms with E-state index in [9.17, 15) is 0 Å². The Hall–Kier alpha value is -2.63. The molecular weight excluding hydrogens is 487 g/mol. The molecule has 3 aromatic carbocycles. The quantitative estimate of drug-likeness (QED) is 0.281. The van der Waals surface area contributed by atoms with Gasteiger partial charge in [-0.1, -0.05) is 66.5 Å². The van der Waals surface area contributed by atoms with Crippen molar-refractivity contribution in [1.82, 2.24) is 15.2 Å². The number of piperazine rings is 1. The Labute approximate surface area is 224 Å². The van der Waals surface area contributed by atoms with E-state index in [1.807, 2.05) is 36.4 Å². The van der Waals surface area contributed by atoms with E-state index in [4.69, 9.17) is 23.2 Å². The molecule has 1 atom stereocenters. The number of anilines is 1. The molecule has 188 valence electrons. The Morgan fingerprint density at radius 1 is 0.861 bits per heavy atom. The van der Waals surface area contributed by atoms with Crippen molar-refractivity contribution in [3.8, 4) is 0 Å². The number of nitrogens with zero attached hydrogens (tertiary/aromatic N) is 2. The van der Waals surface area contributed by atoms with E-state index in [-0.39, 0.29) is 0 Å². The lowest BCUT2D eigenvalue weighted by molar-refractivity contribution is 0.198. The molecule has 4 aromatic rings. The molecule has 2 heterocycles. The molecular formula is C30H34Cl2N4. The summed E-state index contributed by atoms with van der Waals surface area (Å²) >= 11 is 12.0. The van der Waals surface area contributed by atoms with Crippen LogP contribution in [0.3, 0.4) is 0 Å². The van der Waals surface area contributed by atoms with Gasteiger partial charge in [-0.3, -0.25) is 9.88 Å². The highest BCUT2D eigenvalue weighted by molar-refractivity contribution is 6.31. The molecule has 1 aliphatic heterocycles. The van der Waals surface area contributed by atoms with Gasteiger partial charge in [-0.2, -0.15) is 0 Å². The number of hydrogen-bond acceptors (Lipinski definition) is 4. The molecule has 1 aliphatic rings. The number of hydrogen-bond donors (Lipinski definition) is 2. The number of rotatable bonds is 6. The summed E-state index contributed by atoms with van der Waals surface area (Å²) in [5.41, 5.74) is 6.10. The van der Waals surface area contributed by atoms with Crippen LogP contribution in [0.4, 0.5) is 5.69 Å². The summed E-state index contributed by atoms with van der Waals surface area (Å²) < 4.78 is 0. The van der Waals surface area contributed by atoms with Crippen LogP contribution < -0.4 is 10.6 Å². The standard InChI is InChI=1S/C19H23ClN2.C11H11ClN2/c1-2-15-3-5-16(6-4-15)19(22-13-11-21-12-14-22)17-7-9-18(20)10-8-17;1-2-13-10-5-6-14-11-7-8(12)3-4-9(10)11/h3-10,19,21H,2,11-14H2,1H3;3-7H,2H2,1H3,(H,13,14). The van der Waals surface area contributed by atoms with E-state index in [0.29, 0.717) is 6.04 Å². The number of nitrogens with one attached hydrogen (secondary N) is 2. The van der Waals surface area contributed by atoms with E-state index >= 15 is 0 Å². The Bertz CT molecular complexity index is 1240. The molecule has 4 nitrogen and oxygen atoms in total. The summed E-state index contributed by atoms with van der Waals surface area (Å²) in [5.74, 6) is 0. The lowest BCUT2D eigenvalue weighted by Crippen LogP contribution is -2.45. The fourth-order valence-corrected chi connectivity index (χ4v) is 4.89. The van der Waals surface area contributed by atoms with Gasteiger partial charge in [0.1, 0.15) is 0 Å². The van der Waals surface area contributed by atoms with E-state index in [1.165, 1.54) is 16.7 Å². The number of benzene rings is 3. The first kappa shape index (κ1) is 26.4. The minimum absolute atomic E-state index is 0.310. The van der Waals surface area contributed by atoms with Gasteiger partial charge < -0.3 is 10.6 Å². The van der Waals surface area contributed by atoms with Gasteiger partial charge in [0.05, 0.1) is 11.6 Å². The first-order chi connectivity index (χ1) is 17.6. The molecule has 1 fully saturated rings. The molecule has 0 radical (unpaired) electrons. The third-order valence-corrected chi connectivity index (χ3v) is 6.97. The predicted octanol–water partition coefficient (Wildman–Crippen LogP) is 7.22. The summed E-state index contributed by atoms with van der Waals surface area (Å²) in [7, 11) is 0. The van der Waals surface area contributed by atoms with E-state index in [1.54, 1.807) is 6.20 Å². The van der Waals surface area contributed by atoms with Gasteiger partial charge in [0.15, 0.2) is 0 Å². The smallest absolute Gasteiger partial charge is 0.0737 e. The van der Waals surface area contributed by atoms with Crippen molar-refractivity contribution in [2.75, 3.05) is 38.0 Å². The normalized spacial score (nSPS) is 14.7. The second-order valence-corrected chi connectivity index (χ2v) is 9.76. The molecule has 6 heteroatoms. The van der Waals surface area contributed by atoms with Crippen LogP contribution in [-0.2, 0) is 6.42 Å². The third-order valence-electron chi connectivity index (χ3n) is 6.48. The number of pyridine rings is 1. The van der Waals surface area contributed by atoms with Crippen molar-refractivity contribution in [3.05, 3.63) is 106 Å². The van der Waals surface area contributed by atoms with Gasteiger partial charge >= 0.3 is 0 Å². The fourth-order valence-electron chi connectivity index (χ4n) is 4.60. The average Bonchev–Trinajstić information content (AvgIpc) is 2.91. The van der Waals surface area contributed by atoms with Crippen molar-refractivity contribution in [1.29, 1.82) is 0 Å². The summed E-state index contributed by atoms with van der Waals surface area (Å²) in [6.07, 6.45) is 2.87. The summed E-state index contributed by atoms with van der Waals surface area (Å²) in [5, 5.41) is 9.35. The molecule has 1 saturated heterocycles. The molecule has 0 amide bonds. The Balaban J connectivity index is 0.000000187. The third kappa shape index (κ3) is 6.77. The molecule has 2 N–H and O–H groups in total. The number of halogens is 2. The van der Waals surface area contributed by atoms with Crippen molar-refractivity contribution in [3.63, 3.8) is 0 Å². The van der Waals surface area contributed by atoms with Gasteiger partial charge in [-0.25, -0.2) is 0 Å².